The van der Waals surface area contributed by atoms with E-state index < -0.39 is 0 Å². The Morgan fingerprint density at radius 2 is 2.41 bits per heavy atom. The lowest BCUT2D eigenvalue weighted by molar-refractivity contribution is 0.103. The number of benzene rings is 1. The molecule has 1 N–H and O–H groups in total. The van der Waals surface area contributed by atoms with Crippen molar-refractivity contribution in [1.82, 2.24) is 5.32 Å². The molecule has 1 aliphatic rings. The number of halogens is 1. The molecule has 94 valence electrons. The van der Waals surface area contributed by atoms with Crippen LogP contribution in [0.1, 0.15) is 37.8 Å². The van der Waals surface area contributed by atoms with Crippen LogP contribution in [-0.2, 0) is 4.74 Å². The van der Waals surface area contributed by atoms with Gasteiger partial charge in [-0.05, 0) is 50.4 Å². The minimum Gasteiger partial charge on any atom is -0.378 e. The van der Waals surface area contributed by atoms with Gasteiger partial charge in [-0.15, -0.1) is 0 Å². The van der Waals surface area contributed by atoms with Crippen molar-refractivity contribution in [2.75, 3.05) is 13.2 Å². The average Bonchev–Trinajstić information content (AvgIpc) is 2.82. The van der Waals surface area contributed by atoms with Crippen LogP contribution in [0.15, 0.2) is 24.3 Å². The van der Waals surface area contributed by atoms with Crippen molar-refractivity contribution in [1.29, 1.82) is 0 Å². The maximum absolute atomic E-state index is 13.0. The van der Waals surface area contributed by atoms with Crippen LogP contribution < -0.4 is 5.32 Å². The monoisotopic (exact) mass is 237 g/mol. The summed E-state index contributed by atoms with van der Waals surface area (Å²) in [5, 5.41) is 3.41. The van der Waals surface area contributed by atoms with Crippen LogP contribution in [-0.4, -0.2) is 19.3 Å². The predicted octanol–water partition coefficient (Wildman–Crippen LogP) is 3.05. The summed E-state index contributed by atoms with van der Waals surface area (Å²) >= 11 is 0. The molecule has 1 aliphatic heterocycles. The van der Waals surface area contributed by atoms with E-state index in [1.165, 1.54) is 18.9 Å². The van der Waals surface area contributed by atoms with Crippen molar-refractivity contribution in [3.8, 4) is 0 Å². The second-order valence-corrected chi connectivity index (χ2v) is 4.65. The van der Waals surface area contributed by atoms with Gasteiger partial charge in [-0.1, -0.05) is 12.1 Å². The normalized spacial score (nSPS) is 21.6. The Hall–Kier alpha value is -0.930. The predicted molar refractivity (Wildman–Crippen MR) is 66.4 cm³/mol. The molecule has 1 heterocycles. The summed E-state index contributed by atoms with van der Waals surface area (Å²) in [6, 6.07) is 6.95. The lowest BCUT2D eigenvalue weighted by Gasteiger charge is -2.16. The third-order valence-corrected chi connectivity index (χ3v) is 3.29. The molecule has 1 aromatic carbocycles. The quantitative estimate of drug-likeness (QED) is 0.850. The highest BCUT2D eigenvalue weighted by molar-refractivity contribution is 5.19. The van der Waals surface area contributed by atoms with Gasteiger partial charge in [0.05, 0.1) is 6.10 Å². The zero-order chi connectivity index (χ0) is 12.1. The summed E-state index contributed by atoms with van der Waals surface area (Å²) < 4.78 is 18.6. The van der Waals surface area contributed by atoms with Crippen molar-refractivity contribution in [2.45, 2.75) is 38.3 Å². The number of ether oxygens (including phenoxy) is 1. The molecule has 0 saturated carbocycles. The molecule has 3 heteroatoms. The topological polar surface area (TPSA) is 21.3 Å². The van der Waals surface area contributed by atoms with E-state index in [0.29, 0.717) is 6.10 Å². The maximum atomic E-state index is 13.0. The summed E-state index contributed by atoms with van der Waals surface area (Å²) in [6.07, 6.45) is 3.82. The van der Waals surface area contributed by atoms with E-state index in [9.17, 15) is 4.39 Å². The second kappa shape index (κ2) is 6.12. The molecule has 0 radical (unpaired) electrons. The van der Waals surface area contributed by atoms with Crippen LogP contribution in [0.5, 0.6) is 0 Å². The molecule has 1 saturated heterocycles. The van der Waals surface area contributed by atoms with Gasteiger partial charge in [-0.2, -0.15) is 0 Å². The summed E-state index contributed by atoms with van der Waals surface area (Å²) in [4.78, 5) is 0. The summed E-state index contributed by atoms with van der Waals surface area (Å²) in [7, 11) is 0. The van der Waals surface area contributed by atoms with E-state index in [2.05, 4.69) is 12.2 Å². The van der Waals surface area contributed by atoms with Crippen LogP contribution in [0.4, 0.5) is 4.39 Å². The Balaban J connectivity index is 1.74. The first-order valence-electron chi connectivity index (χ1n) is 6.36. The van der Waals surface area contributed by atoms with Gasteiger partial charge in [0.15, 0.2) is 0 Å². The number of hydrogen-bond donors (Lipinski definition) is 1. The lowest BCUT2D eigenvalue weighted by Crippen LogP contribution is -2.23. The van der Waals surface area contributed by atoms with Gasteiger partial charge in [0.2, 0.25) is 0 Å². The Kier molecular flexibility index (Phi) is 4.51. The summed E-state index contributed by atoms with van der Waals surface area (Å²) in [6.45, 7) is 3.89. The fraction of sp³-hybridized carbons (Fsp3) is 0.571. The number of nitrogens with one attached hydrogen (secondary N) is 1. The molecule has 2 unspecified atom stereocenters. The van der Waals surface area contributed by atoms with E-state index >= 15 is 0 Å². The first-order chi connectivity index (χ1) is 8.25. The molecule has 2 atom stereocenters. The van der Waals surface area contributed by atoms with E-state index in [4.69, 9.17) is 4.74 Å². The molecule has 0 spiro atoms. The van der Waals surface area contributed by atoms with Crippen molar-refractivity contribution in [2.24, 2.45) is 0 Å². The zero-order valence-corrected chi connectivity index (χ0v) is 10.3. The van der Waals surface area contributed by atoms with Gasteiger partial charge < -0.3 is 10.1 Å². The highest BCUT2D eigenvalue weighted by atomic mass is 19.1. The minimum atomic E-state index is -0.171. The lowest BCUT2D eigenvalue weighted by atomic mass is 10.1. The second-order valence-electron chi connectivity index (χ2n) is 4.65. The van der Waals surface area contributed by atoms with Gasteiger partial charge in [0.1, 0.15) is 5.82 Å². The number of hydrogen-bond acceptors (Lipinski definition) is 2. The Morgan fingerprint density at radius 1 is 1.53 bits per heavy atom. The molecule has 17 heavy (non-hydrogen) atoms. The smallest absolute Gasteiger partial charge is 0.123 e. The largest absolute Gasteiger partial charge is 0.378 e. The van der Waals surface area contributed by atoms with E-state index in [1.54, 1.807) is 12.1 Å². The van der Waals surface area contributed by atoms with Gasteiger partial charge in [0, 0.05) is 12.6 Å². The number of rotatable bonds is 5. The molecule has 0 amide bonds. The van der Waals surface area contributed by atoms with Crippen molar-refractivity contribution in [3.05, 3.63) is 35.6 Å². The summed E-state index contributed by atoms with van der Waals surface area (Å²) in [5.74, 6) is -0.171. The van der Waals surface area contributed by atoms with E-state index in [1.807, 2.05) is 6.07 Å². The Bertz CT molecular complexity index is 350. The standard InChI is InChI=1S/C14H20FNO/c1-11(12-4-2-5-13(15)10-12)16-8-7-14-6-3-9-17-14/h2,4-5,10-11,14,16H,3,6-9H2,1H3. The molecular weight excluding hydrogens is 217 g/mol. The SMILES string of the molecule is CC(NCCC1CCCO1)c1cccc(F)c1. The Labute approximate surface area is 102 Å². The highest BCUT2D eigenvalue weighted by Crippen LogP contribution is 2.16. The summed E-state index contributed by atoms with van der Waals surface area (Å²) in [5.41, 5.74) is 0.998. The molecular formula is C14H20FNO. The van der Waals surface area contributed by atoms with E-state index in [-0.39, 0.29) is 11.9 Å². The van der Waals surface area contributed by atoms with Crippen LogP contribution >= 0.6 is 0 Å². The first-order valence-corrected chi connectivity index (χ1v) is 6.36. The minimum absolute atomic E-state index is 0.171. The first kappa shape index (κ1) is 12.5. The fourth-order valence-corrected chi connectivity index (χ4v) is 2.23. The van der Waals surface area contributed by atoms with Gasteiger partial charge in [-0.3, -0.25) is 0 Å². The van der Waals surface area contributed by atoms with Gasteiger partial charge >= 0.3 is 0 Å². The molecule has 0 aromatic heterocycles. The van der Waals surface area contributed by atoms with E-state index in [0.717, 1.165) is 25.1 Å². The zero-order valence-electron chi connectivity index (χ0n) is 10.3. The average molecular weight is 237 g/mol. The third kappa shape index (κ3) is 3.79. The molecule has 0 aliphatic carbocycles. The van der Waals surface area contributed by atoms with Crippen LogP contribution in [0.25, 0.3) is 0 Å². The van der Waals surface area contributed by atoms with Gasteiger partial charge in [-0.25, -0.2) is 4.39 Å². The van der Waals surface area contributed by atoms with Crippen molar-refractivity contribution >= 4 is 0 Å². The molecule has 1 fully saturated rings. The van der Waals surface area contributed by atoms with Crippen molar-refractivity contribution in [3.63, 3.8) is 0 Å². The van der Waals surface area contributed by atoms with Crippen LogP contribution in [0.2, 0.25) is 0 Å². The third-order valence-electron chi connectivity index (χ3n) is 3.29. The molecule has 0 bridgehead atoms. The molecule has 1 aromatic rings. The molecule has 2 rings (SSSR count). The van der Waals surface area contributed by atoms with Crippen molar-refractivity contribution < 1.29 is 9.13 Å². The Morgan fingerprint density at radius 3 is 3.12 bits per heavy atom. The molecule has 2 nitrogen and oxygen atoms in total. The highest BCUT2D eigenvalue weighted by Gasteiger charge is 2.15. The van der Waals surface area contributed by atoms with Crippen LogP contribution in [0, 0.1) is 5.82 Å². The fourth-order valence-electron chi connectivity index (χ4n) is 2.23. The maximum Gasteiger partial charge on any atom is 0.123 e. The van der Waals surface area contributed by atoms with Gasteiger partial charge in [0.25, 0.3) is 0 Å². The van der Waals surface area contributed by atoms with Crippen LogP contribution in [0.3, 0.4) is 0 Å².